The molecule has 1 aromatic heterocycles. The highest BCUT2D eigenvalue weighted by molar-refractivity contribution is 8.68. The van der Waals surface area contributed by atoms with E-state index < -0.39 is 0 Å². The Labute approximate surface area is 73.7 Å². The van der Waals surface area contributed by atoms with Gasteiger partial charge in [0.05, 0.1) is 0 Å². The van der Waals surface area contributed by atoms with Gasteiger partial charge in [0.1, 0.15) is 0 Å². The van der Waals surface area contributed by atoms with Gasteiger partial charge in [-0.1, -0.05) is 62.9 Å². The normalized spacial score (nSPS) is 18.4. The van der Waals surface area contributed by atoms with Crippen LogP contribution in [0.2, 0.25) is 0 Å². The van der Waals surface area contributed by atoms with Gasteiger partial charge < -0.3 is 0 Å². The van der Waals surface area contributed by atoms with Gasteiger partial charge in [-0.15, -0.1) is 0 Å². The van der Waals surface area contributed by atoms with Gasteiger partial charge in [-0.2, -0.15) is 0 Å². The quantitative estimate of drug-likeness (QED) is 0.549. The Morgan fingerprint density at radius 1 is 0.727 bits per heavy atom. The van der Waals surface area contributed by atoms with Crippen LogP contribution in [0.3, 0.4) is 0 Å². The van der Waals surface area contributed by atoms with Gasteiger partial charge in [0.15, 0.2) is 0 Å². The molecule has 3 heteroatoms. The van der Waals surface area contributed by atoms with Gasteiger partial charge in [-0.25, -0.2) is 0 Å². The van der Waals surface area contributed by atoms with Gasteiger partial charge in [0.2, 0.25) is 0 Å². The van der Waals surface area contributed by atoms with Crippen molar-refractivity contribution in [3.05, 3.63) is 0 Å². The number of hydrogen-bond acceptors (Lipinski definition) is 0. The lowest BCUT2D eigenvalue weighted by Crippen LogP contribution is -1.99. The largest absolute Gasteiger partial charge is 0.0896 e. The van der Waals surface area contributed by atoms with Crippen LogP contribution in [0, 0.1) is 0 Å². The molecule has 1 heterocycles. The van der Waals surface area contributed by atoms with E-state index in [9.17, 15) is 0 Å². The summed E-state index contributed by atoms with van der Waals surface area (Å²) in [6.45, 7) is 15.4. The number of hydrogen-bond donors (Lipinski definition) is 0. The number of rotatable bonds is 0. The topological polar surface area (TPSA) is 0 Å². The van der Waals surface area contributed by atoms with E-state index in [0.717, 1.165) is 0 Å². The fourth-order valence-corrected chi connectivity index (χ4v) is 23.2. The van der Waals surface area contributed by atoms with Crippen molar-refractivity contribution in [3.8, 4) is 0 Å². The van der Waals surface area contributed by atoms with Crippen LogP contribution in [0.4, 0.5) is 0 Å². The molecule has 1 rings (SSSR count). The Morgan fingerprint density at radius 3 is 1.09 bits per heavy atom. The maximum atomic E-state index is 2.42. The molecule has 2 unspecified atom stereocenters. The predicted molar refractivity (Wildman–Crippen MR) is 61.4 cm³/mol. The third kappa shape index (κ3) is 2.42. The first-order chi connectivity index (χ1) is 4.73. The lowest BCUT2D eigenvalue weighted by Gasteiger charge is -2.18. The minimum absolute atomic E-state index is 0.450. The van der Waals surface area contributed by atoms with E-state index in [1.165, 1.54) is 7.55 Å². The first kappa shape index (κ1) is 9.98. The maximum Gasteiger partial charge on any atom is 0.00751 e. The van der Waals surface area contributed by atoms with Crippen LogP contribution < -0.4 is 0 Å². The first-order valence-corrected chi connectivity index (χ1v) is 10.2. The molecule has 0 fully saturated rings. The maximum absolute atomic E-state index is 2.42. The monoisotopic (exact) mass is 208 g/mol. The second kappa shape index (κ2) is 2.70. The molecule has 1 aromatic rings. The van der Waals surface area contributed by atoms with Crippen LogP contribution in [0.15, 0.2) is 0 Å². The van der Waals surface area contributed by atoms with E-state index in [2.05, 4.69) is 41.5 Å². The standard InChI is InChI=1S/C8H19P3/c1-7(2,3)10-9-11(10)8(4,5)6/h9H,1-6H3. The summed E-state index contributed by atoms with van der Waals surface area (Å²) in [5.74, 6) is 0. The zero-order valence-electron chi connectivity index (χ0n) is 8.39. The van der Waals surface area contributed by atoms with Crippen molar-refractivity contribution < 1.29 is 0 Å². The van der Waals surface area contributed by atoms with Crippen LogP contribution >= 0.6 is 21.3 Å². The molecule has 2 atom stereocenters. The molecule has 0 bridgehead atoms. The highest BCUT2D eigenvalue weighted by atomic mass is 32.6. The summed E-state index contributed by atoms with van der Waals surface area (Å²) >= 11 is 0. The summed E-state index contributed by atoms with van der Waals surface area (Å²) in [7, 11) is 1.35. The molecule has 0 radical (unpaired) electrons. The van der Waals surface area contributed by atoms with E-state index in [1.807, 2.05) is 0 Å². The lowest BCUT2D eigenvalue weighted by atomic mass is 10.3. The van der Waals surface area contributed by atoms with Crippen LogP contribution in [0.1, 0.15) is 41.5 Å². The Hall–Kier alpha value is 0.900. The summed E-state index contributed by atoms with van der Waals surface area (Å²) in [5.41, 5.74) is 0. The van der Waals surface area contributed by atoms with Crippen LogP contribution in [-0.2, 0) is 10.3 Å². The molecule has 0 spiro atoms. The third-order valence-corrected chi connectivity index (χ3v) is 20.0. The second-order valence-electron chi connectivity index (χ2n) is 5.07. The molecule has 66 valence electrons. The van der Waals surface area contributed by atoms with Crippen molar-refractivity contribution in [1.29, 1.82) is 0 Å². The molecule has 11 heavy (non-hydrogen) atoms. The molecule has 0 aliphatic rings. The minimum Gasteiger partial charge on any atom is -0.0896 e. The van der Waals surface area contributed by atoms with E-state index in [1.54, 1.807) is 0 Å². The average molecular weight is 208 g/mol. The molecule has 0 saturated carbocycles. The van der Waals surface area contributed by atoms with Crippen molar-refractivity contribution >= 4 is 21.3 Å². The van der Waals surface area contributed by atoms with Gasteiger partial charge >= 0.3 is 0 Å². The summed E-state index contributed by atoms with van der Waals surface area (Å²) in [5, 5.41) is 1.29. The van der Waals surface area contributed by atoms with Crippen molar-refractivity contribution in [1.82, 2.24) is 0 Å². The summed E-state index contributed by atoms with van der Waals surface area (Å²) < 4.78 is 0. The molecule has 0 N–H and O–H groups in total. The summed E-state index contributed by atoms with van der Waals surface area (Å²) in [6.07, 6.45) is 0. The molecule has 0 nitrogen and oxygen atoms in total. The minimum atomic E-state index is 0.450. The predicted octanol–water partition coefficient (Wildman–Crippen LogP) is 5.20. The Morgan fingerprint density at radius 2 is 1.00 bits per heavy atom. The molecule has 0 aromatic carbocycles. The Balaban J connectivity index is 2.76. The van der Waals surface area contributed by atoms with Crippen molar-refractivity contribution in [2.75, 3.05) is 0 Å². The Kier molecular flexibility index (Phi) is 2.45. The zero-order chi connectivity index (χ0) is 8.86. The van der Waals surface area contributed by atoms with Crippen LogP contribution in [-0.4, -0.2) is 0 Å². The molecule has 0 saturated heterocycles. The van der Waals surface area contributed by atoms with Crippen LogP contribution in [0.25, 0.3) is 0 Å². The lowest BCUT2D eigenvalue weighted by molar-refractivity contribution is 0.715. The van der Waals surface area contributed by atoms with Gasteiger partial charge in [-0.05, 0) is 0 Å². The SMILES string of the molecule is CC(C)(C)p1[pH]p1C(C)(C)C. The molecular weight excluding hydrogens is 189 g/mol. The molecule has 0 aliphatic carbocycles. The molecule has 0 aliphatic heterocycles. The highest BCUT2D eigenvalue weighted by Gasteiger charge is 2.30. The van der Waals surface area contributed by atoms with Gasteiger partial charge in [-0.3, -0.25) is 0 Å². The highest BCUT2D eigenvalue weighted by Crippen LogP contribution is 2.88. The summed E-state index contributed by atoms with van der Waals surface area (Å²) in [4.78, 5) is 0. The Bertz CT molecular complexity index is 200. The molecular formula is C8H19P3. The fraction of sp³-hybridized carbons (Fsp3) is 1.00. The van der Waals surface area contributed by atoms with Gasteiger partial charge in [0.25, 0.3) is 0 Å². The third-order valence-electron chi connectivity index (χ3n) is 1.62. The molecule has 0 amide bonds. The van der Waals surface area contributed by atoms with Gasteiger partial charge in [0, 0.05) is 10.3 Å². The van der Waals surface area contributed by atoms with E-state index >= 15 is 0 Å². The summed E-state index contributed by atoms with van der Waals surface area (Å²) in [6, 6.07) is 0. The average Bonchev–Trinajstić information content (AvgIpc) is 2.30. The smallest absolute Gasteiger partial charge is 0.00751 e. The van der Waals surface area contributed by atoms with Crippen molar-refractivity contribution in [2.24, 2.45) is 0 Å². The fourth-order valence-electron chi connectivity index (χ4n) is 0.970. The zero-order valence-corrected chi connectivity index (χ0v) is 11.2. The first-order valence-electron chi connectivity index (χ1n) is 4.09. The van der Waals surface area contributed by atoms with E-state index in [-0.39, 0.29) is 0 Å². The second-order valence-corrected chi connectivity index (χ2v) is 18.9. The van der Waals surface area contributed by atoms with E-state index in [0.29, 0.717) is 24.1 Å². The van der Waals surface area contributed by atoms with Crippen LogP contribution in [0.5, 0.6) is 0 Å². The van der Waals surface area contributed by atoms with Crippen molar-refractivity contribution in [2.45, 2.75) is 51.9 Å². The van der Waals surface area contributed by atoms with Crippen molar-refractivity contribution in [3.63, 3.8) is 0 Å². The van der Waals surface area contributed by atoms with E-state index in [4.69, 9.17) is 0 Å².